The standard InChI is InChI=1S/C18H20N4O4/c1-12(23)14-6-3-4-7-15(14)22-17(25)13(2)26-16(24)8-11-21-18-19-9-5-10-20-18/h3-7,9-10,13H,8,11H2,1-2H3,(H,22,25)(H,19,20,21). The van der Waals surface area contributed by atoms with E-state index in [0.29, 0.717) is 17.2 Å². The highest BCUT2D eigenvalue weighted by Gasteiger charge is 2.19. The topological polar surface area (TPSA) is 110 Å². The smallest absolute Gasteiger partial charge is 0.308 e. The van der Waals surface area contributed by atoms with Gasteiger partial charge in [-0.2, -0.15) is 0 Å². The molecule has 1 amide bonds. The van der Waals surface area contributed by atoms with Crippen LogP contribution in [0.25, 0.3) is 0 Å². The predicted molar refractivity (Wildman–Crippen MR) is 95.8 cm³/mol. The molecule has 1 heterocycles. The van der Waals surface area contributed by atoms with Crippen LogP contribution in [0.3, 0.4) is 0 Å². The lowest BCUT2D eigenvalue weighted by Crippen LogP contribution is -2.31. The van der Waals surface area contributed by atoms with Gasteiger partial charge in [0.25, 0.3) is 5.91 Å². The van der Waals surface area contributed by atoms with E-state index in [1.54, 1.807) is 42.7 Å². The largest absolute Gasteiger partial charge is 0.452 e. The molecule has 0 fully saturated rings. The number of benzene rings is 1. The minimum atomic E-state index is -0.990. The first-order chi connectivity index (χ1) is 12.5. The molecule has 8 heteroatoms. The number of ketones is 1. The number of anilines is 2. The van der Waals surface area contributed by atoms with Gasteiger partial charge in [0.1, 0.15) is 0 Å². The van der Waals surface area contributed by atoms with Gasteiger partial charge in [0.15, 0.2) is 11.9 Å². The number of hydrogen-bond donors (Lipinski definition) is 2. The van der Waals surface area contributed by atoms with E-state index >= 15 is 0 Å². The van der Waals surface area contributed by atoms with E-state index in [2.05, 4.69) is 20.6 Å². The van der Waals surface area contributed by atoms with Crippen LogP contribution < -0.4 is 10.6 Å². The molecule has 1 aromatic heterocycles. The number of hydrogen-bond acceptors (Lipinski definition) is 7. The van der Waals surface area contributed by atoms with Crippen LogP contribution in [0.15, 0.2) is 42.7 Å². The number of nitrogens with one attached hydrogen (secondary N) is 2. The van der Waals surface area contributed by atoms with E-state index in [1.807, 2.05) is 0 Å². The Morgan fingerprint density at radius 3 is 2.50 bits per heavy atom. The summed E-state index contributed by atoms with van der Waals surface area (Å²) in [6.45, 7) is 3.17. The maximum absolute atomic E-state index is 12.2. The van der Waals surface area contributed by atoms with Gasteiger partial charge in [0.2, 0.25) is 5.95 Å². The fraction of sp³-hybridized carbons (Fsp3) is 0.278. The highest BCUT2D eigenvalue weighted by Crippen LogP contribution is 2.16. The summed E-state index contributed by atoms with van der Waals surface area (Å²) in [5, 5.41) is 5.48. The van der Waals surface area contributed by atoms with Gasteiger partial charge in [0.05, 0.1) is 12.1 Å². The third-order valence-electron chi connectivity index (χ3n) is 3.42. The maximum Gasteiger partial charge on any atom is 0.308 e. The van der Waals surface area contributed by atoms with Gasteiger partial charge in [-0.1, -0.05) is 12.1 Å². The van der Waals surface area contributed by atoms with Crippen molar-refractivity contribution in [3.8, 4) is 0 Å². The van der Waals surface area contributed by atoms with E-state index in [-0.39, 0.29) is 18.7 Å². The summed E-state index contributed by atoms with van der Waals surface area (Å²) in [6, 6.07) is 8.33. The number of para-hydroxylation sites is 1. The third kappa shape index (κ3) is 5.66. The van der Waals surface area contributed by atoms with Gasteiger partial charge >= 0.3 is 5.97 Å². The first-order valence-corrected chi connectivity index (χ1v) is 8.08. The van der Waals surface area contributed by atoms with Crippen LogP contribution in [-0.2, 0) is 14.3 Å². The summed E-state index contributed by atoms with van der Waals surface area (Å²) in [5.41, 5.74) is 0.780. The van der Waals surface area contributed by atoms with Crippen LogP contribution in [0.5, 0.6) is 0 Å². The van der Waals surface area contributed by atoms with E-state index in [0.717, 1.165) is 0 Å². The van der Waals surface area contributed by atoms with Crippen molar-refractivity contribution in [3.05, 3.63) is 48.3 Å². The number of carbonyl (C=O) groups excluding carboxylic acids is 3. The normalized spacial score (nSPS) is 11.3. The van der Waals surface area contributed by atoms with Gasteiger partial charge in [-0.3, -0.25) is 14.4 Å². The Kier molecular flexibility index (Phi) is 6.78. The third-order valence-corrected chi connectivity index (χ3v) is 3.42. The van der Waals surface area contributed by atoms with Crippen molar-refractivity contribution in [3.63, 3.8) is 0 Å². The number of carbonyl (C=O) groups is 3. The first-order valence-electron chi connectivity index (χ1n) is 8.08. The minimum Gasteiger partial charge on any atom is -0.452 e. The fourth-order valence-corrected chi connectivity index (χ4v) is 2.11. The maximum atomic E-state index is 12.2. The van der Waals surface area contributed by atoms with Crippen LogP contribution in [-0.4, -0.2) is 40.3 Å². The van der Waals surface area contributed by atoms with Crippen molar-refractivity contribution in [2.75, 3.05) is 17.2 Å². The molecular weight excluding hydrogens is 336 g/mol. The Balaban J connectivity index is 1.81. The van der Waals surface area contributed by atoms with E-state index in [9.17, 15) is 14.4 Å². The molecular formula is C18H20N4O4. The second-order valence-electron chi connectivity index (χ2n) is 5.47. The van der Waals surface area contributed by atoms with Gasteiger partial charge in [-0.25, -0.2) is 9.97 Å². The molecule has 2 aromatic rings. The zero-order valence-electron chi connectivity index (χ0n) is 14.6. The Morgan fingerprint density at radius 1 is 1.12 bits per heavy atom. The van der Waals surface area contributed by atoms with Crippen molar-refractivity contribution in [1.82, 2.24) is 9.97 Å². The number of rotatable bonds is 8. The van der Waals surface area contributed by atoms with Crippen molar-refractivity contribution in [2.45, 2.75) is 26.4 Å². The average molecular weight is 356 g/mol. The Morgan fingerprint density at radius 2 is 1.81 bits per heavy atom. The molecule has 0 bridgehead atoms. The fourth-order valence-electron chi connectivity index (χ4n) is 2.11. The molecule has 0 saturated carbocycles. The first kappa shape index (κ1) is 19.0. The van der Waals surface area contributed by atoms with Crippen molar-refractivity contribution in [1.29, 1.82) is 0 Å². The summed E-state index contributed by atoms with van der Waals surface area (Å²) in [4.78, 5) is 43.5. The highest BCUT2D eigenvalue weighted by atomic mass is 16.5. The molecule has 0 spiro atoms. The lowest BCUT2D eigenvalue weighted by molar-refractivity contribution is -0.152. The molecule has 1 unspecified atom stereocenters. The number of amides is 1. The van der Waals surface area contributed by atoms with Crippen molar-refractivity contribution < 1.29 is 19.1 Å². The van der Waals surface area contributed by atoms with Crippen LogP contribution in [0.4, 0.5) is 11.6 Å². The second kappa shape index (κ2) is 9.26. The number of aromatic nitrogens is 2. The molecule has 0 radical (unpaired) electrons. The van der Waals surface area contributed by atoms with Gasteiger partial charge in [-0.05, 0) is 32.0 Å². The average Bonchev–Trinajstić information content (AvgIpc) is 2.62. The number of esters is 1. The minimum absolute atomic E-state index is 0.0555. The predicted octanol–water partition coefficient (Wildman–Crippen LogP) is 2.05. The Labute approximate surface area is 151 Å². The molecule has 1 aromatic carbocycles. The molecule has 26 heavy (non-hydrogen) atoms. The molecule has 8 nitrogen and oxygen atoms in total. The Hall–Kier alpha value is -3.29. The molecule has 0 aliphatic rings. The number of Topliss-reactive ketones (excluding diaryl/α,β-unsaturated/α-hetero) is 1. The van der Waals surface area contributed by atoms with Crippen LogP contribution in [0.2, 0.25) is 0 Å². The molecule has 1 atom stereocenters. The summed E-state index contributed by atoms with van der Waals surface area (Å²) in [7, 11) is 0. The lowest BCUT2D eigenvalue weighted by Gasteiger charge is -2.15. The van der Waals surface area contributed by atoms with Crippen molar-refractivity contribution >= 4 is 29.3 Å². The molecule has 2 N–H and O–H groups in total. The van der Waals surface area contributed by atoms with E-state index < -0.39 is 18.0 Å². The molecule has 136 valence electrons. The van der Waals surface area contributed by atoms with Crippen LogP contribution in [0, 0.1) is 0 Å². The summed E-state index contributed by atoms with van der Waals surface area (Å²) < 4.78 is 5.11. The zero-order valence-corrected chi connectivity index (χ0v) is 14.6. The van der Waals surface area contributed by atoms with Crippen LogP contribution in [0.1, 0.15) is 30.6 Å². The molecule has 0 aliphatic heterocycles. The SMILES string of the molecule is CC(=O)c1ccccc1NC(=O)C(C)OC(=O)CCNc1ncccn1. The summed E-state index contributed by atoms with van der Waals surface area (Å²) in [5.74, 6) is -0.797. The summed E-state index contributed by atoms with van der Waals surface area (Å²) >= 11 is 0. The van der Waals surface area contributed by atoms with Crippen LogP contribution >= 0.6 is 0 Å². The van der Waals surface area contributed by atoms with Gasteiger partial charge < -0.3 is 15.4 Å². The monoisotopic (exact) mass is 356 g/mol. The highest BCUT2D eigenvalue weighted by molar-refractivity contribution is 6.04. The second-order valence-corrected chi connectivity index (χ2v) is 5.47. The van der Waals surface area contributed by atoms with Crippen molar-refractivity contribution in [2.24, 2.45) is 0 Å². The molecule has 0 saturated heterocycles. The number of ether oxygens (including phenoxy) is 1. The van der Waals surface area contributed by atoms with Gasteiger partial charge in [0, 0.05) is 24.5 Å². The zero-order chi connectivity index (χ0) is 18.9. The lowest BCUT2D eigenvalue weighted by atomic mass is 10.1. The molecule has 2 rings (SSSR count). The Bertz CT molecular complexity index is 780. The van der Waals surface area contributed by atoms with E-state index in [4.69, 9.17) is 4.74 Å². The van der Waals surface area contributed by atoms with Gasteiger partial charge in [-0.15, -0.1) is 0 Å². The quantitative estimate of drug-likeness (QED) is 0.550. The summed E-state index contributed by atoms with van der Waals surface area (Å²) in [6.07, 6.45) is 2.23. The molecule has 0 aliphatic carbocycles. The van der Waals surface area contributed by atoms with E-state index in [1.165, 1.54) is 13.8 Å². The number of nitrogens with zero attached hydrogens (tertiary/aromatic N) is 2.